The number of thioether (sulfide) groups is 1. The highest BCUT2D eigenvalue weighted by Crippen LogP contribution is 2.36. The Hall–Kier alpha value is -2.22. The molecule has 6 nitrogen and oxygen atoms in total. The van der Waals surface area contributed by atoms with Crippen molar-refractivity contribution in [3.05, 3.63) is 58.3 Å². The van der Waals surface area contributed by atoms with Crippen LogP contribution in [0.1, 0.15) is 24.3 Å². The second-order valence-electron chi connectivity index (χ2n) is 6.22. The SMILES string of the molecule is CC.O=C(Nc1c(Cl)cc(N2CCSCC2)cc1Cl)c1cccc(-c2ccn[nH]2)n1. The first-order chi connectivity index (χ1) is 14.6. The van der Waals surface area contributed by atoms with Crippen LogP contribution in [0.4, 0.5) is 11.4 Å². The average Bonchev–Trinajstić information content (AvgIpc) is 3.33. The highest BCUT2D eigenvalue weighted by molar-refractivity contribution is 7.99. The van der Waals surface area contributed by atoms with Crippen molar-refractivity contribution in [1.82, 2.24) is 15.2 Å². The van der Waals surface area contributed by atoms with Crippen LogP contribution in [0.25, 0.3) is 11.4 Å². The lowest BCUT2D eigenvalue weighted by molar-refractivity contribution is 0.102. The number of aromatic nitrogens is 3. The summed E-state index contributed by atoms with van der Waals surface area (Å²) in [6.07, 6.45) is 1.63. The monoisotopic (exact) mass is 463 g/mol. The number of rotatable bonds is 4. The number of pyridine rings is 1. The Bertz CT molecular complexity index is 968. The van der Waals surface area contributed by atoms with E-state index >= 15 is 0 Å². The molecule has 1 fully saturated rings. The average molecular weight is 464 g/mol. The number of hydrogen-bond donors (Lipinski definition) is 2. The summed E-state index contributed by atoms with van der Waals surface area (Å²) >= 11 is 14.8. The summed E-state index contributed by atoms with van der Waals surface area (Å²) in [6, 6.07) is 10.7. The molecule has 0 aliphatic carbocycles. The third-order valence-corrected chi connectivity index (χ3v) is 5.94. The predicted molar refractivity (Wildman–Crippen MR) is 127 cm³/mol. The summed E-state index contributed by atoms with van der Waals surface area (Å²) in [7, 11) is 0. The van der Waals surface area contributed by atoms with E-state index in [2.05, 4.69) is 25.4 Å². The first-order valence-corrected chi connectivity index (χ1v) is 11.6. The van der Waals surface area contributed by atoms with Gasteiger partial charge in [0.1, 0.15) is 5.69 Å². The fourth-order valence-corrected chi connectivity index (χ4v) is 4.44. The van der Waals surface area contributed by atoms with Crippen LogP contribution in [0, 0.1) is 0 Å². The van der Waals surface area contributed by atoms with Crippen molar-refractivity contribution >= 4 is 52.2 Å². The Morgan fingerprint density at radius 2 is 1.83 bits per heavy atom. The Morgan fingerprint density at radius 1 is 1.13 bits per heavy atom. The van der Waals surface area contributed by atoms with E-state index in [0.717, 1.165) is 36.0 Å². The zero-order valence-corrected chi connectivity index (χ0v) is 19.1. The Kier molecular flexibility index (Phi) is 8.01. The van der Waals surface area contributed by atoms with Crippen molar-refractivity contribution in [3.63, 3.8) is 0 Å². The number of halogens is 2. The maximum atomic E-state index is 12.7. The minimum atomic E-state index is -0.382. The Balaban J connectivity index is 0.00000124. The molecule has 3 heterocycles. The number of benzene rings is 1. The molecule has 30 heavy (non-hydrogen) atoms. The highest BCUT2D eigenvalue weighted by Gasteiger charge is 2.18. The molecule has 1 aromatic carbocycles. The number of anilines is 2. The third kappa shape index (κ3) is 5.28. The van der Waals surface area contributed by atoms with Gasteiger partial charge < -0.3 is 10.2 Å². The van der Waals surface area contributed by atoms with Gasteiger partial charge in [0, 0.05) is 36.5 Å². The molecule has 0 saturated carbocycles. The Labute approximate surface area is 190 Å². The molecule has 0 spiro atoms. The molecule has 1 amide bonds. The van der Waals surface area contributed by atoms with Crippen LogP contribution < -0.4 is 10.2 Å². The van der Waals surface area contributed by atoms with Gasteiger partial charge in [0.2, 0.25) is 0 Å². The maximum Gasteiger partial charge on any atom is 0.274 e. The van der Waals surface area contributed by atoms with Gasteiger partial charge in [-0.1, -0.05) is 43.1 Å². The van der Waals surface area contributed by atoms with Crippen LogP contribution in [0.15, 0.2) is 42.6 Å². The normalized spacial score (nSPS) is 13.4. The quantitative estimate of drug-likeness (QED) is 0.525. The molecule has 4 rings (SSSR count). The summed E-state index contributed by atoms with van der Waals surface area (Å²) in [5.74, 6) is 1.77. The van der Waals surface area contributed by atoms with Crippen molar-refractivity contribution in [3.8, 4) is 11.4 Å². The van der Waals surface area contributed by atoms with Crippen molar-refractivity contribution < 1.29 is 4.79 Å². The van der Waals surface area contributed by atoms with Gasteiger partial charge in [0.25, 0.3) is 5.91 Å². The zero-order chi connectivity index (χ0) is 21.5. The molecule has 1 aliphatic rings. The number of carbonyl (C=O) groups is 1. The molecule has 1 saturated heterocycles. The van der Waals surface area contributed by atoms with Gasteiger partial charge in [-0.3, -0.25) is 9.89 Å². The maximum absolute atomic E-state index is 12.7. The molecule has 3 aromatic rings. The molecule has 0 atom stereocenters. The van der Waals surface area contributed by atoms with Gasteiger partial charge in [-0.15, -0.1) is 0 Å². The number of hydrogen-bond acceptors (Lipinski definition) is 5. The van der Waals surface area contributed by atoms with E-state index in [1.165, 1.54) is 0 Å². The summed E-state index contributed by atoms with van der Waals surface area (Å²) in [5, 5.41) is 10.3. The van der Waals surface area contributed by atoms with Gasteiger partial charge >= 0.3 is 0 Å². The fraction of sp³-hybridized carbons (Fsp3) is 0.286. The molecule has 158 valence electrons. The summed E-state index contributed by atoms with van der Waals surface area (Å²) in [6.45, 7) is 5.90. The molecule has 2 N–H and O–H groups in total. The summed E-state index contributed by atoms with van der Waals surface area (Å²) < 4.78 is 0. The molecular weight excluding hydrogens is 441 g/mol. The van der Waals surface area contributed by atoms with E-state index in [-0.39, 0.29) is 11.6 Å². The molecule has 0 radical (unpaired) electrons. The fourth-order valence-electron chi connectivity index (χ4n) is 2.97. The van der Waals surface area contributed by atoms with Gasteiger partial charge in [-0.05, 0) is 30.3 Å². The lowest BCUT2D eigenvalue weighted by Gasteiger charge is -2.29. The van der Waals surface area contributed by atoms with Crippen LogP contribution in [0.2, 0.25) is 10.0 Å². The van der Waals surface area contributed by atoms with E-state index in [0.29, 0.717) is 21.4 Å². The largest absolute Gasteiger partial charge is 0.370 e. The molecule has 0 bridgehead atoms. The standard InChI is InChI=1S/C19H17Cl2N5OS.C2H6/c20-13-10-12(26-6-8-28-9-7-26)11-14(21)18(13)24-19(27)17-3-1-2-15(23-17)16-4-5-22-25-16;1-2/h1-5,10-11H,6-9H2,(H,22,25)(H,24,27);1-2H3. The molecule has 1 aliphatic heterocycles. The lowest BCUT2D eigenvalue weighted by atomic mass is 10.2. The van der Waals surface area contributed by atoms with Gasteiger partial charge in [0.15, 0.2) is 0 Å². The smallest absolute Gasteiger partial charge is 0.274 e. The molecular formula is C21H23Cl2N5OS. The van der Waals surface area contributed by atoms with Gasteiger partial charge in [-0.2, -0.15) is 16.9 Å². The van der Waals surface area contributed by atoms with Crippen LogP contribution >= 0.6 is 35.0 Å². The summed E-state index contributed by atoms with van der Waals surface area (Å²) in [5.41, 5.74) is 2.97. The van der Waals surface area contributed by atoms with Crippen LogP contribution in [0.3, 0.4) is 0 Å². The highest BCUT2D eigenvalue weighted by atomic mass is 35.5. The van der Waals surface area contributed by atoms with E-state index < -0.39 is 0 Å². The van der Waals surface area contributed by atoms with Crippen LogP contribution in [-0.4, -0.2) is 45.7 Å². The third-order valence-electron chi connectivity index (χ3n) is 4.40. The second-order valence-corrected chi connectivity index (χ2v) is 8.26. The van der Waals surface area contributed by atoms with Gasteiger partial charge in [-0.25, -0.2) is 4.98 Å². The number of H-pyrrole nitrogens is 1. The molecule has 2 aromatic heterocycles. The van der Waals surface area contributed by atoms with E-state index in [1.807, 2.05) is 37.7 Å². The zero-order valence-electron chi connectivity index (χ0n) is 16.8. The van der Waals surface area contributed by atoms with E-state index in [1.54, 1.807) is 30.5 Å². The van der Waals surface area contributed by atoms with Crippen molar-refractivity contribution in [2.75, 3.05) is 34.8 Å². The number of carbonyl (C=O) groups excluding carboxylic acids is 1. The van der Waals surface area contributed by atoms with E-state index in [4.69, 9.17) is 23.2 Å². The van der Waals surface area contributed by atoms with E-state index in [9.17, 15) is 4.79 Å². The van der Waals surface area contributed by atoms with Crippen LogP contribution in [-0.2, 0) is 0 Å². The first kappa shape index (κ1) is 22.5. The van der Waals surface area contributed by atoms with Crippen molar-refractivity contribution in [1.29, 1.82) is 0 Å². The van der Waals surface area contributed by atoms with Crippen LogP contribution in [0.5, 0.6) is 0 Å². The molecule has 9 heteroatoms. The van der Waals surface area contributed by atoms with Crippen molar-refractivity contribution in [2.24, 2.45) is 0 Å². The lowest BCUT2D eigenvalue weighted by Crippen LogP contribution is -2.32. The number of amides is 1. The Morgan fingerprint density at radius 3 is 2.47 bits per heavy atom. The predicted octanol–water partition coefficient (Wildman–Crippen LogP) is 5.61. The van der Waals surface area contributed by atoms with Crippen molar-refractivity contribution in [2.45, 2.75) is 13.8 Å². The minimum absolute atomic E-state index is 0.261. The topological polar surface area (TPSA) is 73.9 Å². The number of aromatic amines is 1. The second kappa shape index (κ2) is 10.7. The number of nitrogens with one attached hydrogen (secondary N) is 2. The first-order valence-electron chi connectivity index (χ1n) is 9.72. The number of nitrogens with zero attached hydrogens (tertiary/aromatic N) is 3. The molecule has 0 unspecified atom stereocenters. The minimum Gasteiger partial charge on any atom is -0.370 e. The van der Waals surface area contributed by atoms with Gasteiger partial charge in [0.05, 0.1) is 27.1 Å². The summed E-state index contributed by atoms with van der Waals surface area (Å²) in [4.78, 5) is 19.3.